The van der Waals surface area contributed by atoms with Crippen molar-refractivity contribution in [3.63, 3.8) is 0 Å². The fourth-order valence-corrected chi connectivity index (χ4v) is 7.22. The maximum atomic E-state index is 14.5. The average molecular weight is 597 g/mol. The molecule has 0 unspecified atom stereocenters. The summed E-state index contributed by atoms with van der Waals surface area (Å²) in [6.07, 6.45) is 18.6. The number of likely N-dealkylation sites (tertiary alicyclic amines) is 2. The number of allylic oxidation sites excluding steroid dienone is 4. The number of carbonyl (C=O) groups is 2. The van der Waals surface area contributed by atoms with Crippen LogP contribution >= 0.6 is 0 Å². The first-order valence-corrected chi connectivity index (χ1v) is 16.1. The second kappa shape index (κ2) is 12.8. The second-order valence-electron chi connectivity index (χ2n) is 12.3. The Morgan fingerprint density at radius 3 is 1.98 bits per heavy atom. The molecule has 230 valence electrons. The molecule has 2 aromatic carbocycles. The van der Waals surface area contributed by atoms with Gasteiger partial charge in [-0.2, -0.15) is 0 Å². The van der Waals surface area contributed by atoms with Crippen LogP contribution in [-0.4, -0.2) is 61.4 Å². The highest BCUT2D eigenvalue weighted by atomic mass is 16.7. The van der Waals surface area contributed by atoms with Gasteiger partial charge in [-0.15, -0.1) is 0 Å². The van der Waals surface area contributed by atoms with E-state index in [2.05, 4.69) is 18.2 Å². The molecule has 4 aliphatic heterocycles. The Morgan fingerprint density at radius 2 is 1.27 bits per heavy atom. The van der Waals surface area contributed by atoms with Crippen LogP contribution in [0.1, 0.15) is 55.6 Å². The lowest BCUT2D eigenvalue weighted by molar-refractivity contribution is -0.147. The van der Waals surface area contributed by atoms with Gasteiger partial charge in [0.25, 0.3) is 0 Å². The minimum atomic E-state index is -0.502. The first-order chi connectivity index (χ1) is 21.7. The van der Waals surface area contributed by atoms with Crippen molar-refractivity contribution in [3.05, 3.63) is 77.9 Å². The van der Waals surface area contributed by atoms with Crippen LogP contribution in [0.4, 0.5) is 0 Å². The molecule has 0 bridgehead atoms. The molecular weight excluding hydrogens is 556 g/mol. The molecule has 0 spiro atoms. The van der Waals surface area contributed by atoms with Gasteiger partial charge in [0.1, 0.15) is 0 Å². The van der Waals surface area contributed by atoms with Gasteiger partial charge in [0.2, 0.25) is 25.4 Å². The summed E-state index contributed by atoms with van der Waals surface area (Å²) in [6.45, 7) is 3.46. The summed E-state index contributed by atoms with van der Waals surface area (Å²) in [7, 11) is 0. The standard InChI is InChI=1S/C36H40N2O6/c39-35(37-17-5-1-6-18-37)29-14-13-27(26-12-16-31-33(22-26)44-24-42-31)28(34(29)36(40)38-19-7-2-8-20-38)10-4-3-9-25-11-15-30-32(21-25)43-23-41-30/h3-4,9-16,21-22,27-29,34H,1-2,5-8,17-20,23-24H2/t27-,28+,29-,34-/m0/s1. The molecule has 1 aliphatic carbocycles. The van der Waals surface area contributed by atoms with Gasteiger partial charge >= 0.3 is 0 Å². The average Bonchev–Trinajstić information content (AvgIpc) is 3.75. The number of carbonyl (C=O) groups excluding carboxylic acids is 2. The maximum absolute atomic E-state index is 14.5. The van der Waals surface area contributed by atoms with Gasteiger partial charge in [-0.05, 0) is 73.9 Å². The number of amides is 2. The first-order valence-electron chi connectivity index (χ1n) is 16.1. The van der Waals surface area contributed by atoms with Crippen molar-refractivity contribution in [2.24, 2.45) is 17.8 Å². The van der Waals surface area contributed by atoms with E-state index in [9.17, 15) is 9.59 Å². The van der Waals surface area contributed by atoms with Gasteiger partial charge in [-0.1, -0.05) is 48.6 Å². The molecule has 8 nitrogen and oxygen atoms in total. The molecule has 4 atom stereocenters. The van der Waals surface area contributed by atoms with Crippen LogP contribution in [0.3, 0.4) is 0 Å². The van der Waals surface area contributed by atoms with Crippen molar-refractivity contribution in [1.29, 1.82) is 0 Å². The minimum absolute atomic E-state index is 0.0785. The Labute approximate surface area is 258 Å². The van der Waals surface area contributed by atoms with E-state index in [0.29, 0.717) is 5.75 Å². The molecule has 0 saturated carbocycles. The number of hydrogen-bond donors (Lipinski definition) is 0. The van der Waals surface area contributed by atoms with Crippen molar-refractivity contribution in [2.75, 3.05) is 39.8 Å². The van der Waals surface area contributed by atoms with Gasteiger partial charge in [-0.25, -0.2) is 0 Å². The largest absolute Gasteiger partial charge is 0.454 e. The van der Waals surface area contributed by atoms with Crippen molar-refractivity contribution < 1.29 is 28.5 Å². The van der Waals surface area contributed by atoms with Crippen LogP contribution in [0.5, 0.6) is 23.0 Å². The van der Waals surface area contributed by atoms with Gasteiger partial charge in [0, 0.05) is 38.0 Å². The van der Waals surface area contributed by atoms with Crippen molar-refractivity contribution in [2.45, 2.75) is 44.4 Å². The lowest BCUT2D eigenvalue weighted by atomic mass is 9.67. The fraction of sp³-hybridized carbons (Fsp3) is 0.444. The summed E-state index contributed by atoms with van der Waals surface area (Å²) in [5, 5.41) is 0. The molecule has 8 heteroatoms. The summed E-state index contributed by atoms with van der Waals surface area (Å²) in [6, 6.07) is 11.9. The van der Waals surface area contributed by atoms with Gasteiger partial charge in [0.05, 0.1) is 11.8 Å². The van der Waals surface area contributed by atoms with Crippen LogP contribution in [0.25, 0.3) is 6.08 Å². The zero-order valence-corrected chi connectivity index (χ0v) is 25.1. The van der Waals surface area contributed by atoms with E-state index in [1.165, 1.54) is 0 Å². The highest BCUT2D eigenvalue weighted by Gasteiger charge is 2.46. The van der Waals surface area contributed by atoms with Gasteiger partial charge in [0.15, 0.2) is 23.0 Å². The van der Waals surface area contributed by atoms with Crippen LogP contribution < -0.4 is 18.9 Å². The summed E-state index contributed by atoms with van der Waals surface area (Å²) in [5.74, 6) is 1.76. The molecular formula is C36H40N2O6. The van der Waals surface area contributed by atoms with Crippen LogP contribution in [-0.2, 0) is 9.59 Å². The number of nitrogens with zero attached hydrogens (tertiary/aromatic N) is 2. The number of benzene rings is 2. The monoisotopic (exact) mass is 596 g/mol. The lowest BCUT2D eigenvalue weighted by Crippen LogP contribution is -2.51. The molecule has 7 rings (SSSR count). The van der Waals surface area contributed by atoms with Gasteiger partial charge < -0.3 is 28.7 Å². The maximum Gasteiger partial charge on any atom is 0.231 e. The molecule has 44 heavy (non-hydrogen) atoms. The Hall–Kier alpha value is -4.20. The third kappa shape index (κ3) is 5.82. The van der Waals surface area contributed by atoms with Crippen LogP contribution in [0.2, 0.25) is 0 Å². The van der Waals surface area contributed by atoms with Crippen LogP contribution in [0, 0.1) is 17.8 Å². The SMILES string of the molecule is O=C([C@H]1[C@H](C=CC=Cc2ccc3c(c2)OCO3)[C@H](c2ccc3c(c2)OCO3)C=C[C@@H]1C(=O)N1CCCCC1)N1CCCCC1. The van der Waals surface area contributed by atoms with Crippen molar-refractivity contribution in [1.82, 2.24) is 9.80 Å². The third-order valence-corrected chi connectivity index (χ3v) is 9.56. The molecule has 0 aromatic heterocycles. The predicted octanol–water partition coefficient (Wildman–Crippen LogP) is 5.94. The molecule has 2 amide bonds. The van der Waals surface area contributed by atoms with Gasteiger partial charge in [-0.3, -0.25) is 9.59 Å². The fourth-order valence-electron chi connectivity index (χ4n) is 7.22. The molecule has 5 aliphatic rings. The molecule has 2 aromatic rings. The molecule has 2 fully saturated rings. The highest BCUT2D eigenvalue weighted by Crippen LogP contribution is 2.45. The number of ether oxygens (including phenoxy) is 4. The van der Waals surface area contributed by atoms with E-state index in [1.54, 1.807) is 0 Å². The third-order valence-electron chi connectivity index (χ3n) is 9.56. The van der Waals surface area contributed by atoms with E-state index in [4.69, 9.17) is 18.9 Å². The predicted molar refractivity (Wildman–Crippen MR) is 167 cm³/mol. The summed E-state index contributed by atoms with van der Waals surface area (Å²) < 4.78 is 22.3. The van der Waals surface area contributed by atoms with Crippen molar-refractivity contribution in [3.8, 4) is 23.0 Å². The van der Waals surface area contributed by atoms with Crippen molar-refractivity contribution >= 4 is 17.9 Å². The Morgan fingerprint density at radius 1 is 0.659 bits per heavy atom. The number of piperidine rings is 2. The Bertz CT molecular complexity index is 1470. The van der Waals surface area contributed by atoms with E-state index in [0.717, 1.165) is 93.1 Å². The summed E-state index contributed by atoms with van der Waals surface area (Å²) in [4.78, 5) is 32.6. The molecule has 4 heterocycles. The first kappa shape index (κ1) is 28.6. The van der Waals surface area contributed by atoms with E-state index < -0.39 is 11.8 Å². The summed E-state index contributed by atoms with van der Waals surface area (Å²) >= 11 is 0. The lowest BCUT2D eigenvalue weighted by Gasteiger charge is -2.42. The normalized spacial score (nSPS) is 26.1. The zero-order valence-electron chi connectivity index (χ0n) is 25.1. The number of hydrogen-bond acceptors (Lipinski definition) is 6. The van der Waals surface area contributed by atoms with E-state index in [-0.39, 0.29) is 37.2 Å². The van der Waals surface area contributed by atoms with Crippen LogP contribution in [0.15, 0.2) is 66.8 Å². The molecule has 0 radical (unpaired) electrons. The molecule has 2 saturated heterocycles. The topological polar surface area (TPSA) is 77.5 Å². The highest BCUT2D eigenvalue weighted by molar-refractivity contribution is 5.90. The smallest absolute Gasteiger partial charge is 0.231 e. The number of rotatable bonds is 6. The Kier molecular flexibility index (Phi) is 8.31. The quantitative estimate of drug-likeness (QED) is 0.304. The number of fused-ring (bicyclic) bond motifs is 2. The summed E-state index contributed by atoms with van der Waals surface area (Å²) in [5.41, 5.74) is 2.04. The minimum Gasteiger partial charge on any atom is -0.454 e. The van der Waals surface area contributed by atoms with E-state index >= 15 is 0 Å². The van der Waals surface area contributed by atoms with E-state index in [1.807, 2.05) is 64.4 Å². The Balaban J connectivity index is 1.24. The molecule has 0 N–H and O–H groups in total. The zero-order chi connectivity index (χ0) is 29.9. The second-order valence-corrected chi connectivity index (χ2v) is 12.3.